The second-order valence-corrected chi connectivity index (χ2v) is 6.83. The lowest BCUT2D eigenvalue weighted by Crippen LogP contribution is -2.48. The van der Waals surface area contributed by atoms with Crippen molar-refractivity contribution in [2.45, 2.75) is 40.5 Å². The highest BCUT2D eigenvalue weighted by Crippen LogP contribution is 2.34. The number of nitrogens with one attached hydrogen (secondary N) is 2. The fourth-order valence-corrected chi connectivity index (χ4v) is 2.62. The van der Waals surface area contributed by atoms with Gasteiger partial charge in [-0.2, -0.15) is 0 Å². The Balaban J connectivity index is 2.54. The van der Waals surface area contributed by atoms with Crippen molar-refractivity contribution in [1.29, 1.82) is 0 Å². The fourth-order valence-electron chi connectivity index (χ4n) is 2.62. The second-order valence-electron chi connectivity index (χ2n) is 6.83. The molecule has 4 heteroatoms. The van der Waals surface area contributed by atoms with Gasteiger partial charge in [-0.15, -0.1) is 0 Å². The minimum absolute atomic E-state index is 0.0792. The maximum Gasteiger partial charge on any atom is 0.227 e. The summed E-state index contributed by atoms with van der Waals surface area (Å²) < 4.78 is 5.12. The molecule has 2 N–H and O–H groups in total. The summed E-state index contributed by atoms with van der Waals surface area (Å²) in [4.78, 5) is 12.5. The van der Waals surface area contributed by atoms with Crippen molar-refractivity contribution >= 4 is 5.91 Å². The van der Waals surface area contributed by atoms with Gasteiger partial charge in [-0.1, -0.05) is 27.7 Å². The summed E-state index contributed by atoms with van der Waals surface area (Å²) in [6.07, 6.45) is 1.89. The van der Waals surface area contributed by atoms with E-state index in [4.69, 9.17) is 4.74 Å². The number of ether oxygens (including phenoxy) is 1. The van der Waals surface area contributed by atoms with Crippen LogP contribution in [0.5, 0.6) is 0 Å². The van der Waals surface area contributed by atoms with Crippen LogP contribution in [0.4, 0.5) is 0 Å². The van der Waals surface area contributed by atoms with E-state index in [2.05, 4.69) is 38.3 Å². The van der Waals surface area contributed by atoms with Crippen molar-refractivity contribution in [3.05, 3.63) is 0 Å². The summed E-state index contributed by atoms with van der Waals surface area (Å²) >= 11 is 0. The summed E-state index contributed by atoms with van der Waals surface area (Å²) in [7, 11) is 1.71. The van der Waals surface area contributed by atoms with Crippen molar-refractivity contribution in [3.63, 3.8) is 0 Å². The number of methoxy groups -OCH3 is 1. The zero-order valence-electron chi connectivity index (χ0n) is 13.1. The molecule has 112 valence electrons. The van der Waals surface area contributed by atoms with Gasteiger partial charge in [0.1, 0.15) is 0 Å². The number of amides is 1. The molecule has 0 aromatic carbocycles. The van der Waals surface area contributed by atoms with Crippen LogP contribution in [0.15, 0.2) is 0 Å². The van der Waals surface area contributed by atoms with E-state index in [9.17, 15) is 4.79 Å². The molecule has 1 heterocycles. The summed E-state index contributed by atoms with van der Waals surface area (Å²) in [6.45, 7) is 11.8. The van der Waals surface area contributed by atoms with Gasteiger partial charge in [0.15, 0.2) is 0 Å². The molecule has 0 bridgehead atoms. The third-order valence-electron chi connectivity index (χ3n) is 4.46. The summed E-state index contributed by atoms with van der Waals surface area (Å²) in [5.41, 5.74) is -0.146. The van der Waals surface area contributed by atoms with Gasteiger partial charge < -0.3 is 15.4 Å². The van der Waals surface area contributed by atoms with Crippen LogP contribution in [0, 0.1) is 16.7 Å². The number of hydrogen-bond acceptors (Lipinski definition) is 3. The fraction of sp³-hybridized carbons (Fsp3) is 0.933. The molecule has 1 amide bonds. The van der Waals surface area contributed by atoms with Crippen LogP contribution < -0.4 is 10.6 Å². The predicted octanol–water partition coefficient (Wildman–Crippen LogP) is 1.80. The molecule has 0 aliphatic carbocycles. The van der Waals surface area contributed by atoms with Crippen LogP contribution in [-0.2, 0) is 9.53 Å². The Morgan fingerprint density at radius 3 is 2.63 bits per heavy atom. The summed E-state index contributed by atoms with van der Waals surface area (Å²) in [5.74, 6) is 0.572. The van der Waals surface area contributed by atoms with Crippen molar-refractivity contribution in [2.24, 2.45) is 16.7 Å². The molecule has 0 saturated carbocycles. The monoisotopic (exact) mass is 270 g/mol. The summed E-state index contributed by atoms with van der Waals surface area (Å²) in [5, 5.41) is 6.49. The van der Waals surface area contributed by atoms with Crippen LogP contribution in [0.1, 0.15) is 40.5 Å². The molecule has 1 atom stereocenters. The largest absolute Gasteiger partial charge is 0.385 e. The highest BCUT2D eigenvalue weighted by molar-refractivity contribution is 5.83. The zero-order chi connectivity index (χ0) is 14.5. The van der Waals surface area contributed by atoms with Crippen LogP contribution >= 0.6 is 0 Å². The van der Waals surface area contributed by atoms with E-state index in [0.29, 0.717) is 12.5 Å². The molecule has 0 aromatic rings. The van der Waals surface area contributed by atoms with Crippen molar-refractivity contribution in [2.75, 3.05) is 33.4 Å². The molecule has 0 radical (unpaired) electrons. The maximum absolute atomic E-state index is 12.5. The van der Waals surface area contributed by atoms with E-state index < -0.39 is 0 Å². The number of rotatable bonds is 7. The van der Waals surface area contributed by atoms with Gasteiger partial charge in [0.2, 0.25) is 5.91 Å². The average molecular weight is 270 g/mol. The molecule has 1 saturated heterocycles. The minimum atomic E-state index is -0.225. The first-order valence-electron chi connectivity index (χ1n) is 7.32. The zero-order valence-corrected chi connectivity index (χ0v) is 13.1. The Labute approximate surface area is 117 Å². The van der Waals surface area contributed by atoms with Gasteiger partial charge in [-0.25, -0.2) is 0 Å². The lowest BCUT2D eigenvalue weighted by molar-refractivity contribution is -0.133. The number of carbonyl (C=O) groups excluding carboxylic acids is 1. The third kappa shape index (κ3) is 4.18. The normalized spacial score (nSPS) is 23.9. The second kappa shape index (κ2) is 6.71. The molecule has 1 unspecified atom stereocenters. The molecule has 19 heavy (non-hydrogen) atoms. The van der Waals surface area contributed by atoms with Crippen molar-refractivity contribution < 1.29 is 9.53 Å². The Hall–Kier alpha value is -0.610. The molecule has 1 rings (SSSR count). The lowest BCUT2D eigenvalue weighted by Gasteiger charge is -2.33. The van der Waals surface area contributed by atoms with Gasteiger partial charge >= 0.3 is 0 Å². The first kappa shape index (κ1) is 16.4. The highest BCUT2D eigenvalue weighted by Gasteiger charge is 2.43. The smallest absolute Gasteiger partial charge is 0.227 e. The predicted molar refractivity (Wildman–Crippen MR) is 78.0 cm³/mol. The molecule has 0 aromatic heterocycles. The Bertz CT molecular complexity index is 295. The molecule has 1 aliphatic heterocycles. The Morgan fingerprint density at radius 1 is 1.47 bits per heavy atom. The molecule has 4 nitrogen and oxygen atoms in total. The topological polar surface area (TPSA) is 50.4 Å². The lowest BCUT2D eigenvalue weighted by atomic mass is 9.75. The van der Waals surface area contributed by atoms with Crippen molar-refractivity contribution in [1.82, 2.24) is 10.6 Å². The molecule has 0 spiro atoms. The van der Waals surface area contributed by atoms with E-state index >= 15 is 0 Å². The first-order chi connectivity index (χ1) is 8.84. The van der Waals surface area contributed by atoms with E-state index in [1.165, 1.54) is 0 Å². The van der Waals surface area contributed by atoms with E-state index in [-0.39, 0.29) is 16.7 Å². The van der Waals surface area contributed by atoms with Crippen molar-refractivity contribution in [3.8, 4) is 0 Å². The Kier molecular flexibility index (Phi) is 5.81. The van der Waals surface area contributed by atoms with Crippen LogP contribution in [0.25, 0.3) is 0 Å². The van der Waals surface area contributed by atoms with Crippen LogP contribution in [0.2, 0.25) is 0 Å². The van der Waals surface area contributed by atoms with Gasteiger partial charge in [0.25, 0.3) is 0 Å². The third-order valence-corrected chi connectivity index (χ3v) is 4.46. The van der Waals surface area contributed by atoms with Crippen LogP contribution in [0.3, 0.4) is 0 Å². The molecule has 1 aliphatic rings. The van der Waals surface area contributed by atoms with Gasteiger partial charge in [0.05, 0.1) is 5.41 Å². The summed E-state index contributed by atoms with van der Waals surface area (Å²) in [6, 6.07) is 0. The molecular formula is C15H30N2O2. The maximum atomic E-state index is 12.5. The standard InChI is InChI=1S/C15H30N2O2/c1-12(2)15(6-8-16-11-15)13(18)17-10-14(3,4)7-9-19-5/h12,16H,6-11H2,1-5H3,(H,17,18). The van der Waals surface area contributed by atoms with Gasteiger partial charge in [0, 0.05) is 26.8 Å². The highest BCUT2D eigenvalue weighted by atomic mass is 16.5. The van der Waals surface area contributed by atoms with Gasteiger partial charge in [-0.05, 0) is 30.7 Å². The Morgan fingerprint density at radius 2 is 2.16 bits per heavy atom. The van der Waals surface area contributed by atoms with E-state index in [0.717, 1.165) is 32.5 Å². The van der Waals surface area contributed by atoms with Gasteiger partial charge in [-0.3, -0.25) is 4.79 Å². The van der Waals surface area contributed by atoms with E-state index in [1.807, 2.05) is 0 Å². The number of hydrogen-bond donors (Lipinski definition) is 2. The quantitative estimate of drug-likeness (QED) is 0.741. The SMILES string of the molecule is COCCC(C)(C)CNC(=O)C1(C(C)C)CCNC1. The average Bonchev–Trinajstić information content (AvgIpc) is 2.84. The van der Waals surface area contributed by atoms with Crippen LogP contribution in [-0.4, -0.2) is 39.3 Å². The first-order valence-corrected chi connectivity index (χ1v) is 7.32. The molecular weight excluding hydrogens is 240 g/mol. The number of carbonyl (C=O) groups is 1. The van der Waals surface area contributed by atoms with E-state index in [1.54, 1.807) is 7.11 Å². The minimum Gasteiger partial charge on any atom is -0.385 e. The molecule has 1 fully saturated rings.